The molecular weight excluding hydrogens is 212 g/mol. The number of aromatic nitrogens is 3. The Bertz CT molecular complexity index is 479. The van der Waals surface area contributed by atoms with Crippen LogP contribution in [0.5, 0.6) is 0 Å². The molecule has 2 aromatic heterocycles. The maximum atomic E-state index is 11.3. The van der Waals surface area contributed by atoms with Crippen LogP contribution in [-0.4, -0.2) is 15.0 Å². The first kappa shape index (κ1) is 9.85. The van der Waals surface area contributed by atoms with Crippen molar-refractivity contribution in [2.24, 2.45) is 0 Å². The molecule has 1 unspecified atom stereocenters. The number of anilines is 1. The first-order valence-electron chi connectivity index (χ1n) is 4.47. The van der Waals surface area contributed by atoms with Gasteiger partial charge in [0.1, 0.15) is 5.01 Å². The van der Waals surface area contributed by atoms with Crippen molar-refractivity contribution in [1.29, 1.82) is 0 Å². The molecule has 0 aliphatic carbocycles. The van der Waals surface area contributed by atoms with Crippen LogP contribution in [-0.2, 0) is 0 Å². The first-order chi connectivity index (χ1) is 7.27. The topological polar surface area (TPSA) is 70.7 Å². The lowest BCUT2D eigenvalue weighted by Gasteiger charge is -2.10. The summed E-state index contributed by atoms with van der Waals surface area (Å²) in [7, 11) is 0. The fourth-order valence-electron chi connectivity index (χ4n) is 1.17. The molecular formula is C9H10N4OS. The lowest BCUT2D eigenvalue weighted by atomic mass is 10.3. The standard InChI is InChI=1S/C9H10N4OS/c1-6(9-12-4-5-15-9)13-7-8(14)11-3-2-10-7/h2-6H,1H3,(H,10,13)(H,11,14). The van der Waals surface area contributed by atoms with Gasteiger partial charge < -0.3 is 10.3 Å². The van der Waals surface area contributed by atoms with Gasteiger partial charge >= 0.3 is 0 Å². The van der Waals surface area contributed by atoms with Crippen molar-refractivity contribution in [3.8, 4) is 0 Å². The highest BCUT2D eigenvalue weighted by atomic mass is 32.1. The van der Waals surface area contributed by atoms with E-state index in [0.717, 1.165) is 5.01 Å². The van der Waals surface area contributed by atoms with Crippen molar-refractivity contribution < 1.29 is 0 Å². The van der Waals surface area contributed by atoms with Crippen molar-refractivity contribution in [3.05, 3.63) is 39.3 Å². The molecule has 2 aromatic rings. The van der Waals surface area contributed by atoms with Gasteiger partial charge in [-0.05, 0) is 6.92 Å². The van der Waals surface area contributed by atoms with Gasteiger partial charge in [0.05, 0.1) is 6.04 Å². The second kappa shape index (κ2) is 4.22. The summed E-state index contributed by atoms with van der Waals surface area (Å²) in [5.74, 6) is 0.320. The molecule has 0 saturated heterocycles. The molecule has 15 heavy (non-hydrogen) atoms. The average Bonchev–Trinajstić information content (AvgIpc) is 2.74. The Balaban J connectivity index is 2.16. The summed E-state index contributed by atoms with van der Waals surface area (Å²) in [6.45, 7) is 1.94. The molecule has 0 radical (unpaired) electrons. The van der Waals surface area contributed by atoms with E-state index in [1.54, 1.807) is 17.5 Å². The smallest absolute Gasteiger partial charge is 0.290 e. The summed E-state index contributed by atoms with van der Waals surface area (Å²) in [4.78, 5) is 22.0. The van der Waals surface area contributed by atoms with E-state index in [0.29, 0.717) is 5.82 Å². The monoisotopic (exact) mass is 222 g/mol. The van der Waals surface area contributed by atoms with Crippen molar-refractivity contribution in [3.63, 3.8) is 0 Å². The molecule has 0 saturated carbocycles. The van der Waals surface area contributed by atoms with Gasteiger partial charge in [0.25, 0.3) is 5.56 Å². The number of hydrogen-bond acceptors (Lipinski definition) is 5. The van der Waals surface area contributed by atoms with Gasteiger partial charge in [0, 0.05) is 24.0 Å². The van der Waals surface area contributed by atoms with E-state index in [4.69, 9.17) is 0 Å². The molecule has 0 aliphatic heterocycles. The minimum atomic E-state index is -0.221. The van der Waals surface area contributed by atoms with Gasteiger partial charge in [0.15, 0.2) is 5.82 Å². The van der Waals surface area contributed by atoms with E-state index >= 15 is 0 Å². The predicted molar refractivity (Wildman–Crippen MR) is 59.0 cm³/mol. The quantitative estimate of drug-likeness (QED) is 0.823. The summed E-state index contributed by atoms with van der Waals surface area (Å²) in [6.07, 6.45) is 4.78. The second-order valence-corrected chi connectivity index (χ2v) is 3.93. The molecule has 2 rings (SSSR count). The molecule has 0 bridgehead atoms. The summed E-state index contributed by atoms with van der Waals surface area (Å²) < 4.78 is 0. The van der Waals surface area contributed by atoms with Crippen LogP contribution in [0.1, 0.15) is 18.0 Å². The van der Waals surface area contributed by atoms with E-state index in [9.17, 15) is 4.79 Å². The minimum absolute atomic E-state index is 0.0130. The Morgan fingerprint density at radius 1 is 1.47 bits per heavy atom. The normalized spacial score (nSPS) is 12.3. The summed E-state index contributed by atoms with van der Waals surface area (Å²) in [6, 6.07) is -0.0130. The third kappa shape index (κ3) is 2.21. The number of nitrogens with one attached hydrogen (secondary N) is 2. The number of H-pyrrole nitrogens is 1. The molecule has 0 spiro atoms. The molecule has 0 amide bonds. The lowest BCUT2D eigenvalue weighted by Crippen LogP contribution is -2.17. The zero-order chi connectivity index (χ0) is 10.7. The summed E-state index contributed by atoms with van der Waals surface area (Å²) in [5, 5.41) is 5.84. The third-order valence-electron chi connectivity index (χ3n) is 1.88. The molecule has 0 aliphatic rings. The Labute approximate surface area is 90.2 Å². The van der Waals surface area contributed by atoms with Gasteiger partial charge in [-0.25, -0.2) is 9.97 Å². The Hall–Kier alpha value is -1.69. The summed E-state index contributed by atoms with van der Waals surface area (Å²) in [5.41, 5.74) is -0.221. The van der Waals surface area contributed by atoms with Gasteiger partial charge in [-0.15, -0.1) is 11.3 Å². The highest BCUT2D eigenvalue weighted by Gasteiger charge is 2.09. The van der Waals surface area contributed by atoms with Gasteiger partial charge in [-0.3, -0.25) is 4.79 Å². The van der Waals surface area contributed by atoms with E-state index in [-0.39, 0.29) is 11.6 Å². The molecule has 2 N–H and O–H groups in total. The number of thiazole rings is 1. The van der Waals surface area contributed by atoms with Crippen LogP contribution in [0.2, 0.25) is 0 Å². The lowest BCUT2D eigenvalue weighted by molar-refractivity contribution is 0.853. The maximum Gasteiger partial charge on any atom is 0.290 e. The molecule has 0 fully saturated rings. The fraction of sp³-hybridized carbons (Fsp3) is 0.222. The maximum absolute atomic E-state index is 11.3. The SMILES string of the molecule is CC(Nc1ncc[nH]c1=O)c1nccs1. The number of hydrogen-bond donors (Lipinski definition) is 2. The highest BCUT2D eigenvalue weighted by molar-refractivity contribution is 7.09. The van der Waals surface area contributed by atoms with E-state index in [1.807, 2.05) is 12.3 Å². The molecule has 1 atom stereocenters. The molecule has 78 valence electrons. The van der Waals surface area contributed by atoms with Crippen LogP contribution in [0.3, 0.4) is 0 Å². The van der Waals surface area contributed by atoms with Gasteiger partial charge in [-0.1, -0.05) is 0 Å². The van der Waals surface area contributed by atoms with Crippen molar-refractivity contribution in [2.75, 3.05) is 5.32 Å². The molecule has 6 heteroatoms. The predicted octanol–water partition coefficient (Wildman–Crippen LogP) is 1.40. The zero-order valence-electron chi connectivity index (χ0n) is 8.10. The number of aromatic amines is 1. The van der Waals surface area contributed by atoms with E-state index in [2.05, 4.69) is 20.3 Å². The highest BCUT2D eigenvalue weighted by Crippen LogP contribution is 2.17. The molecule has 5 nitrogen and oxygen atoms in total. The van der Waals surface area contributed by atoms with Crippen LogP contribution >= 0.6 is 11.3 Å². The second-order valence-electron chi connectivity index (χ2n) is 3.00. The molecule has 0 aromatic carbocycles. The Morgan fingerprint density at radius 2 is 2.33 bits per heavy atom. The first-order valence-corrected chi connectivity index (χ1v) is 5.35. The van der Waals surface area contributed by atoms with Crippen LogP contribution in [0, 0.1) is 0 Å². The summed E-state index contributed by atoms with van der Waals surface area (Å²) >= 11 is 1.54. The third-order valence-corrected chi connectivity index (χ3v) is 2.84. The van der Waals surface area contributed by atoms with Crippen molar-refractivity contribution in [2.45, 2.75) is 13.0 Å². The van der Waals surface area contributed by atoms with Crippen LogP contribution in [0.15, 0.2) is 28.8 Å². The number of nitrogens with zero attached hydrogens (tertiary/aromatic N) is 2. The fourth-order valence-corrected chi connectivity index (χ4v) is 1.82. The van der Waals surface area contributed by atoms with Gasteiger partial charge in [0.2, 0.25) is 0 Å². The molecule has 2 heterocycles. The van der Waals surface area contributed by atoms with Crippen LogP contribution in [0.4, 0.5) is 5.82 Å². The minimum Gasteiger partial charge on any atom is -0.357 e. The van der Waals surface area contributed by atoms with E-state index < -0.39 is 0 Å². The van der Waals surface area contributed by atoms with E-state index in [1.165, 1.54) is 12.4 Å². The Morgan fingerprint density at radius 3 is 3.00 bits per heavy atom. The van der Waals surface area contributed by atoms with Crippen LogP contribution in [0.25, 0.3) is 0 Å². The van der Waals surface area contributed by atoms with Crippen molar-refractivity contribution >= 4 is 17.2 Å². The number of rotatable bonds is 3. The van der Waals surface area contributed by atoms with Crippen molar-refractivity contribution in [1.82, 2.24) is 15.0 Å². The largest absolute Gasteiger partial charge is 0.357 e. The van der Waals surface area contributed by atoms with Gasteiger partial charge in [-0.2, -0.15) is 0 Å². The van der Waals surface area contributed by atoms with Crippen LogP contribution < -0.4 is 10.9 Å². The zero-order valence-corrected chi connectivity index (χ0v) is 8.91. The Kier molecular flexibility index (Phi) is 2.77. The average molecular weight is 222 g/mol.